The maximum Gasteiger partial charge on any atom is 0.0766 e. The van der Waals surface area contributed by atoms with E-state index < -0.39 is 0 Å². The first-order chi connectivity index (χ1) is 8.62. The van der Waals surface area contributed by atoms with E-state index in [1.165, 1.54) is 35.1 Å². The van der Waals surface area contributed by atoms with E-state index in [9.17, 15) is 0 Å². The van der Waals surface area contributed by atoms with Crippen molar-refractivity contribution in [3.63, 3.8) is 0 Å². The van der Waals surface area contributed by atoms with Crippen molar-refractivity contribution in [3.05, 3.63) is 15.9 Å². The molecule has 0 unspecified atom stereocenters. The van der Waals surface area contributed by atoms with Gasteiger partial charge in [0, 0.05) is 13.6 Å². The van der Waals surface area contributed by atoms with E-state index in [-0.39, 0.29) is 0 Å². The highest BCUT2D eigenvalue weighted by Gasteiger charge is 2.38. The summed E-state index contributed by atoms with van der Waals surface area (Å²) in [6.45, 7) is 6.55. The molecule has 0 aromatic carbocycles. The normalized spacial score (nSPS) is 17.8. The topological polar surface area (TPSA) is 29.9 Å². The third-order valence-corrected chi connectivity index (χ3v) is 5.12. The SMILES string of the molecule is CCNCC1(Cc2c(Br)c(CC)nn2C)CCC1. The van der Waals surface area contributed by atoms with Gasteiger partial charge in [-0.25, -0.2) is 0 Å². The molecule has 3 nitrogen and oxygen atoms in total. The van der Waals surface area contributed by atoms with Crippen molar-refractivity contribution in [2.75, 3.05) is 13.1 Å². The van der Waals surface area contributed by atoms with Crippen LogP contribution in [-0.2, 0) is 19.9 Å². The number of aromatic nitrogens is 2. The highest BCUT2D eigenvalue weighted by Crippen LogP contribution is 2.44. The van der Waals surface area contributed by atoms with Crippen molar-refractivity contribution < 1.29 is 0 Å². The molecule has 0 bridgehead atoms. The van der Waals surface area contributed by atoms with Crippen molar-refractivity contribution in [3.8, 4) is 0 Å². The Morgan fingerprint density at radius 2 is 2.11 bits per heavy atom. The van der Waals surface area contributed by atoms with Crippen LogP contribution < -0.4 is 5.32 Å². The lowest BCUT2D eigenvalue weighted by molar-refractivity contribution is 0.128. The van der Waals surface area contributed by atoms with Crippen LogP contribution in [0.2, 0.25) is 0 Å². The lowest BCUT2D eigenvalue weighted by Gasteiger charge is -2.42. The second kappa shape index (κ2) is 5.74. The fraction of sp³-hybridized carbons (Fsp3) is 0.786. The summed E-state index contributed by atoms with van der Waals surface area (Å²) >= 11 is 3.73. The number of rotatable bonds is 6. The molecule has 1 saturated carbocycles. The summed E-state index contributed by atoms with van der Waals surface area (Å²) < 4.78 is 3.30. The fourth-order valence-corrected chi connectivity index (χ4v) is 3.61. The molecular formula is C14H24BrN3. The van der Waals surface area contributed by atoms with Crippen LogP contribution >= 0.6 is 15.9 Å². The van der Waals surface area contributed by atoms with Crippen molar-refractivity contribution in [2.24, 2.45) is 12.5 Å². The number of nitrogens with zero attached hydrogens (tertiary/aromatic N) is 2. The van der Waals surface area contributed by atoms with Crippen molar-refractivity contribution in [1.29, 1.82) is 0 Å². The molecule has 1 heterocycles. The monoisotopic (exact) mass is 313 g/mol. The summed E-state index contributed by atoms with van der Waals surface area (Å²) in [5.74, 6) is 0. The number of hydrogen-bond acceptors (Lipinski definition) is 2. The molecule has 2 rings (SSSR count). The Bertz CT molecular complexity index is 407. The molecule has 0 amide bonds. The van der Waals surface area contributed by atoms with Crippen LogP contribution in [0.3, 0.4) is 0 Å². The summed E-state index contributed by atoms with van der Waals surface area (Å²) in [6.07, 6.45) is 6.21. The Balaban J connectivity index is 2.14. The predicted molar refractivity (Wildman–Crippen MR) is 78.8 cm³/mol. The Labute approximate surface area is 118 Å². The van der Waals surface area contributed by atoms with Gasteiger partial charge >= 0.3 is 0 Å². The molecule has 1 fully saturated rings. The highest BCUT2D eigenvalue weighted by molar-refractivity contribution is 9.10. The molecule has 102 valence electrons. The summed E-state index contributed by atoms with van der Waals surface area (Å²) in [6, 6.07) is 0. The van der Waals surface area contributed by atoms with E-state index in [1.807, 2.05) is 0 Å². The van der Waals surface area contributed by atoms with Crippen molar-refractivity contribution in [1.82, 2.24) is 15.1 Å². The van der Waals surface area contributed by atoms with Crippen LogP contribution in [0.5, 0.6) is 0 Å². The molecule has 0 saturated heterocycles. The zero-order valence-corrected chi connectivity index (χ0v) is 13.3. The van der Waals surface area contributed by atoms with Crippen LogP contribution in [-0.4, -0.2) is 22.9 Å². The van der Waals surface area contributed by atoms with E-state index in [4.69, 9.17) is 0 Å². The smallest absolute Gasteiger partial charge is 0.0766 e. The van der Waals surface area contributed by atoms with E-state index in [2.05, 4.69) is 51.9 Å². The minimum Gasteiger partial charge on any atom is -0.316 e. The predicted octanol–water partition coefficient (Wildman–Crippen LogP) is 3.07. The number of aryl methyl sites for hydroxylation is 2. The number of nitrogens with one attached hydrogen (secondary N) is 1. The molecule has 1 aromatic heterocycles. The molecule has 1 N–H and O–H groups in total. The summed E-state index contributed by atoms with van der Waals surface area (Å²) in [7, 11) is 2.07. The number of halogens is 1. The van der Waals surface area contributed by atoms with Crippen molar-refractivity contribution in [2.45, 2.75) is 46.0 Å². The Kier molecular flexibility index (Phi) is 4.49. The van der Waals surface area contributed by atoms with Gasteiger partial charge in [0.25, 0.3) is 0 Å². The van der Waals surface area contributed by atoms with Crippen molar-refractivity contribution >= 4 is 15.9 Å². The molecule has 0 spiro atoms. The molecule has 0 radical (unpaired) electrons. The first kappa shape index (κ1) is 14.1. The fourth-order valence-electron chi connectivity index (χ4n) is 2.85. The first-order valence-corrected chi connectivity index (χ1v) is 7.82. The molecule has 4 heteroatoms. The molecule has 0 aliphatic heterocycles. The van der Waals surface area contributed by atoms with E-state index in [1.54, 1.807) is 0 Å². The number of hydrogen-bond donors (Lipinski definition) is 1. The molecule has 1 aliphatic rings. The lowest BCUT2D eigenvalue weighted by atomic mass is 9.66. The average Bonchev–Trinajstić information content (AvgIpc) is 2.58. The molecule has 1 aromatic rings. The molecule has 0 atom stereocenters. The first-order valence-electron chi connectivity index (χ1n) is 7.03. The van der Waals surface area contributed by atoms with Crippen LogP contribution in [0.15, 0.2) is 4.47 Å². The van der Waals surface area contributed by atoms with Crippen LogP contribution in [0, 0.1) is 5.41 Å². The molecular weight excluding hydrogens is 290 g/mol. The quantitative estimate of drug-likeness (QED) is 0.874. The third kappa shape index (κ3) is 2.64. The second-order valence-electron chi connectivity index (χ2n) is 5.50. The Morgan fingerprint density at radius 3 is 2.56 bits per heavy atom. The minimum atomic E-state index is 0.470. The van der Waals surface area contributed by atoms with Gasteiger partial charge < -0.3 is 5.32 Å². The maximum absolute atomic E-state index is 4.60. The van der Waals surface area contributed by atoms with Gasteiger partial charge in [0.15, 0.2) is 0 Å². The second-order valence-corrected chi connectivity index (χ2v) is 6.29. The Morgan fingerprint density at radius 1 is 1.39 bits per heavy atom. The zero-order chi connectivity index (χ0) is 13.2. The highest BCUT2D eigenvalue weighted by atomic mass is 79.9. The van der Waals surface area contributed by atoms with Gasteiger partial charge in [0.2, 0.25) is 0 Å². The summed E-state index contributed by atoms with van der Waals surface area (Å²) in [5.41, 5.74) is 3.02. The Hall–Kier alpha value is -0.350. The standard InChI is InChI=1S/C14H24BrN3/c1-4-11-13(15)12(18(3)17-11)9-14(7-6-8-14)10-16-5-2/h16H,4-10H2,1-3H3. The lowest BCUT2D eigenvalue weighted by Crippen LogP contribution is -2.42. The average molecular weight is 314 g/mol. The van der Waals surface area contributed by atoms with E-state index in [0.717, 1.165) is 25.9 Å². The van der Waals surface area contributed by atoms with Crippen LogP contribution in [0.1, 0.15) is 44.5 Å². The van der Waals surface area contributed by atoms with Gasteiger partial charge in [0.05, 0.1) is 15.9 Å². The zero-order valence-electron chi connectivity index (χ0n) is 11.7. The van der Waals surface area contributed by atoms with Gasteiger partial charge in [-0.15, -0.1) is 0 Å². The maximum atomic E-state index is 4.60. The van der Waals surface area contributed by atoms with Gasteiger partial charge in [-0.2, -0.15) is 5.10 Å². The van der Waals surface area contributed by atoms with Crippen LogP contribution in [0.25, 0.3) is 0 Å². The third-order valence-electron chi connectivity index (χ3n) is 4.21. The van der Waals surface area contributed by atoms with E-state index in [0.29, 0.717) is 5.41 Å². The molecule has 1 aliphatic carbocycles. The van der Waals surface area contributed by atoms with Gasteiger partial charge in [-0.1, -0.05) is 20.3 Å². The summed E-state index contributed by atoms with van der Waals surface area (Å²) in [5, 5.41) is 8.13. The van der Waals surface area contributed by atoms with Gasteiger partial charge in [0.1, 0.15) is 0 Å². The van der Waals surface area contributed by atoms with E-state index >= 15 is 0 Å². The minimum absolute atomic E-state index is 0.470. The molecule has 18 heavy (non-hydrogen) atoms. The largest absolute Gasteiger partial charge is 0.316 e. The van der Waals surface area contributed by atoms with Gasteiger partial charge in [-0.05, 0) is 53.6 Å². The summed E-state index contributed by atoms with van der Waals surface area (Å²) in [4.78, 5) is 0. The van der Waals surface area contributed by atoms with Crippen LogP contribution in [0.4, 0.5) is 0 Å². The van der Waals surface area contributed by atoms with Gasteiger partial charge in [-0.3, -0.25) is 4.68 Å².